The Kier molecular flexibility index (Phi) is 5.65. The minimum absolute atomic E-state index is 0.147. The summed E-state index contributed by atoms with van der Waals surface area (Å²) < 4.78 is 10.2. The predicted molar refractivity (Wildman–Crippen MR) is 68.7 cm³/mol. The molecule has 100 valence electrons. The SMILES string of the molecule is CC(CO)OC(=O)COc1ccc(C(C)C)cc1. The zero-order valence-electron chi connectivity index (χ0n) is 11.1. The van der Waals surface area contributed by atoms with Crippen molar-refractivity contribution in [2.45, 2.75) is 32.8 Å². The van der Waals surface area contributed by atoms with Crippen LogP contribution in [0.5, 0.6) is 5.75 Å². The van der Waals surface area contributed by atoms with Crippen LogP contribution in [0, 0.1) is 0 Å². The van der Waals surface area contributed by atoms with E-state index in [9.17, 15) is 4.79 Å². The molecule has 1 aromatic rings. The number of hydrogen-bond acceptors (Lipinski definition) is 4. The van der Waals surface area contributed by atoms with Gasteiger partial charge in [0.1, 0.15) is 11.9 Å². The van der Waals surface area contributed by atoms with Gasteiger partial charge >= 0.3 is 5.97 Å². The van der Waals surface area contributed by atoms with Crippen LogP contribution in [0.15, 0.2) is 24.3 Å². The summed E-state index contributed by atoms with van der Waals surface area (Å²) in [5, 5.41) is 8.73. The highest BCUT2D eigenvalue weighted by atomic mass is 16.6. The number of rotatable bonds is 6. The lowest BCUT2D eigenvalue weighted by Gasteiger charge is -2.11. The Morgan fingerprint density at radius 2 is 1.83 bits per heavy atom. The molecule has 0 bridgehead atoms. The molecule has 1 N–H and O–H groups in total. The molecule has 0 fully saturated rings. The standard InChI is InChI=1S/C14H20O4/c1-10(2)12-4-6-13(7-5-12)17-9-14(16)18-11(3)8-15/h4-7,10-11,15H,8-9H2,1-3H3. The van der Waals surface area contributed by atoms with Crippen molar-refractivity contribution < 1.29 is 19.4 Å². The van der Waals surface area contributed by atoms with Crippen molar-refractivity contribution in [3.8, 4) is 5.75 Å². The van der Waals surface area contributed by atoms with Crippen LogP contribution in [-0.4, -0.2) is 30.4 Å². The number of benzene rings is 1. The number of carbonyl (C=O) groups is 1. The molecule has 0 aliphatic heterocycles. The summed E-state index contributed by atoms with van der Waals surface area (Å²) in [5.74, 6) is 0.618. The smallest absolute Gasteiger partial charge is 0.344 e. The third kappa shape index (κ3) is 4.75. The van der Waals surface area contributed by atoms with Crippen molar-refractivity contribution >= 4 is 5.97 Å². The maximum absolute atomic E-state index is 11.3. The third-order valence-corrected chi connectivity index (χ3v) is 2.49. The third-order valence-electron chi connectivity index (χ3n) is 2.49. The Balaban J connectivity index is 2.41. The summed E-state index contributed by atoms with van der Waals surface area (Å²) in [4.78, 5) is 11.3. The fourth-order valence-corrected chi connectivity index (χ4v) is 1.39. The first-order valence-corrected chi connectivity index (χ1v) is 6.06. The lowest BCUT2D eigenvalue weighted by molar-refractivity contribution is -0.152. The van der Waals surface area contributed by atoms with Crippen LogP contribution in [0.25, 0.3) is 0 Å². The second-order valence-electron chi connectivity index (χ2n) is 4.50. The van der Waals surface area contributed by atoms with Crippen molar-refractivity contribution in [3.05, 3.63) is 29.8 Å². The molecule has 0 aliphatic rings. The van der Waals surface area contributed by atoms with Crippen LogP contribution in [0.4, 0.5) is 0 Å². The van der Waals surface area contributed by atoms with Crippen LogP contribution in [0.1, 0.15) is 32.3 Å². The molecule has 0 saturated carbocycles. The highest BCUT2D eigenvalue weighted by Gasteiger charge is 2.09. The maximum atomic E-state index is 11.3. The molecule has 0 heterocycles. The van der Waals surface area contributed by atoms with Crippen LogP contribution >= 0.6 is 0 Å². The van der Waals surface area contributed by atoms with E-state index in [1.54, 1.807) is 6.92 Å². The molecule has 0 amide bonds. The van der Waals surface area contributed by atoms with Gasteiger partial charge in [0.25, 0.3) is 0 Å². The monoisotopic (exact) mass is 252 g/mol. The van der Waals surface area contributed by atoms with Gasteiger partial charge in [-0.05, 0) is 30.5 Å². The van der Waals surface area contributed by atoms with E-state index in [1.165, 1.54) is 5.56 Å². The van der Waals surface area contributed by atoms with Gasteiger partial charge in [0.15, 0.2) is 6.61 Å². The van der Waals surface area contributed by atoms with Crippen LogP contribution in [0.3, 0.4) is 0 Å². The average Bonchev–Trinajstić information content (AvgIpc) is 2.36. The lowest BCUT2D eigenvalue weighted by Crippen LogP contribution is -2.22. The highest BCUT2D eigenvalue weighted by molar-refractivity contribution is 5.71. The van der Waals surface area contributed by atoms with Gasteiger partial charge in [-0.25, -0.2) is 4.79 Å². The normalized spacial score (nSPS) is 12.3. The average molecular weight is 252 g/mol. The first kappa shape index (κ1) is 14.5. The molecular formula is C14H20O4. The van der Waals surface area contributed by atoms with Crippen molar-refractivity contribution in [1.29, 1.82) is 0 Å². The van der Waals surface area contributed by atoms with E-state index in [0.717, 1.165) is 0 Å². The van der Waals surface area contributed by atoms with Crippen molar-refractivity contribution in [3.63, 3.8) is 0 Å². The summed E-state index contributed by atoms with van der Waals surface area (Å²) in [6.45, 7) is 5.52. The van der Waals surface area contributed by atoms with Gasteiger partial charge in [-0.3, -0.25) is 0 Å². The summed E-state index contributed by atoms with van der Waals surface area (Å²) in [6.07, 6.45) is -0.496. The van der Waals surface area contributed by atoms with E-state index in [4.69, 9.17) is 14.6 Å². The predicted octanol–water partition coefficient (Wildman–Crippen LogP) is 2.11. The molecule has 0 spiro atoms. The molecule has 1 rings (SSSR count). The van der Waals surface area contributed by atoms with E-state index >= 15 is 0 Å². The molecule has 18 heavy (non-hydrogen) atoms. The fourth-order valence-electron chi connectivity index (χ4n) is 1.39. The second kappa shape index (κ2) is 7.01. The van der Waals surface area contributed by atoms with E-state index < -0.39 is 12.1 Å². The Labute approximate surface area is 108 Å². The van der Waals surface area contributed by atoms with Gasteiger partial charge in [0, 0.05) is 0 Å². The highest BCUT2D eigenvalue weighted by Crippen LogP contribution is 2.18. The van der Waals surface area contributed by atoms with Gasteiger partial charge < -0.3 is 14.6 Å². The van der Waals surface area contributed by atoms with Crippen LogP contribution < -0.4 is 4.74 Å². The number of carbonyl (C=O) groups excluding carboxylic acids is 1. The van der Waals surface area contributed by atoms with Crippen molar-refractivity contribution in [2.75, 3.05) is 13.2 Å². The molecule has 0 radical (unpaired) electrons. The zero-order valence-corrected chi connectivity index (χ0v) is 11.1. The van der Waals surface area contributed by atoms with E-state index in [1.807, 2.05) is 24.3 Å². The van der Waals surface area contributed by atoms with Gasteiger partial charge in [-0.1, -0.05) is 26.0 Å². The quantitative estimate of drug-likeness (QED) is 0.788. The number of hydrogen-bond donors (Lipinski definition) is 1. The summed E-state index contributed by atoms with van der Waals surface area (Å²) in [7, 11) is 0. The molecule has 1 atom stereocenters. The largest absolute Gasteiger partial charge is 0.482 e. The minimum Gasteiger partial charge on any atom is -0.482 e. The topological polar surface area (TPSA) is 55.8 Å². The first-order chi connectivity index (χ1) is 8.52. The summed E-state index contributed by atoms with van der Waals surface area (Å²) in [5.41, 5.74) is 1.22. The van der Waals surface area contributed by atoms with E-state index in [0.29, 0.717) is 11.7 Å². The number of ether oxygens (including phenoxy) is 2. The number of esters is 1. The minimum atomic E-state index is -0.496. The number of aliphatic hydroxyl groups is 1. The van der Waals surface area contributed by atoms with Crippen LogP contribution in [-0.2, 0) is 9.53 Å². The molecule has 0 aromatic heterocycles. The Hall–Kier alpha value is -1.55. The number of aliphatic hydroxyl groups excluding tert-OH is 1. The van der Waals surface area contributed by atoms with Crippen molar-refractivity contribution in [2.24, 2.45) is 0 Å². The van der Waals surface area contributed by atoms with Gasteiger partial charge in [-0.2, -0.15) is 0 Å². The molecular weight excluding hydrogens is 232 g/mol. The maximum Gasteiger partial charge on any atom is 0.344 e. The molecule has 0 saturated heterocycles. The Morgan fingerprint density at radius 3 is 2.33 bits per heavy atom. The van der Waals surface area contributed by atoms with E-state index in [-0.39, 0.29) is 13.2 Å². The molecule has 1 aromatic carbocycles. The van der Waals surface area contributed by atoms with E-state index in [2.05, 4.69) is 13.8 Å². The molecule has 4 nitrogen and oxygen atoms in total. The second-order valence-corrected chi connectivity index (χ2v) is 4.50. The Morgan fingerprint density at radius 1 is 1.22 bits per heavy atom. The van der Waals surface area contributed by atoms with Gasteiger partial charge in [-0.15, -0.1) is 0 Å². The van der Waals surface area contributed by atoms with Gasteiger partial charge in [0.05, 0.1) is 6.61 Å². The van der Waals surface area contributed by atoms with Gasteiger partial charge in [0.2, 0.25) is 0 Å². The molecule has 4 heteroatoms. The lowest BCUT2D eigenvalue weighted by atomic mass is 10.0. The Bertz CT molecular complexity index is 370. The molecule has 0 aliphatic carbocycles. The summed E-state index contributed by atoms with van der Waals surface area (Å²) >= 11 is 0. The van der Waals surface area contributed by atoms with Crippen molar-refractivity contribution in [1.82, 2.24) is 0 Å². The fraction of sp³-hybridized carbons (Fsp3) is 0.500. The molecule has 1 unspecified atom stereocenters. The van der Waals surface area contributed by atoms with Crippen LogP contribution in [0.2, 0.25) is 0 Å². The summed E-state index contributed by atoms with van der Waals surface area (Å²) in [6, 6.07) is 7.61. The zero-order chi connectivity index (χ0) is 13.5. The first-order valence-electron chi connectivity index (χ1n) is 6.06.